The maximum atomic E-state index is 12.1. The molecule has 1 fully saturated rings. The maximum absolute atomic E-state index is 12.1. The summed E-state index contributed by atoms with van der Waals surface area (Å²) in [6.07, 6.45) is 5.23. The van der Waals surface area contributed by atoms with Crippen LogP contribution in [0, 0.1) is 18.3 Å². The summed E-state index contributed by atoms with van der Waals surface area (Å²) in [7, 11) is 0. The van der Waals surface area contributed by atoms with Crippen LogP contribution in [-0.2, 0) is 9.59 Å². The van der Waals surface area contributed by atoms with Crippen molar-refractivity contribution in [3.8, 4) is 0 Å². The summed E-state index contributed by atoms with van der Waals surface area (Å²) in [6, 6.07) is 5.29. The summed E-state index contributed by atoms with van der Waals surface area (Å²) in [4.78, 5) is 24.2. The molecule has 25 heavy (non-hydrogen) atoms. The van der Waals surface area contributed by atoms with Gasteiger partial charge < -0.3 is 10.6 Å². The fraction of sp³-hybridized carbons (Fsp3) is 0.600. The van der Waals surface area contributed by atoms with E-state index >= 15 is 0 Å². The minimum atomic E-state index is -0.643. The number of carbonyl (C=O) groups is 2. The second-order valence-electron chi connectivity index (χ2n) is 7.78. The molecule has 2 amide bonds. The molecule has 2 N–H and O–H groups in total. The van der Waals surface area contributed by atoms with Gasteiger partial charge in [-0.25, -0.2) is 0 Å². The smallest absolute Gasteiger partial charge is 0.313 e. The molecule has 4 nitrogen and oxygen atoms in total. The highest BCUT2D eigenvalue weighted by molar-refractivity contribution is 6.40. The van der Waals surface area contributed by atoms with Crippen molar-refractivity contribution in [2.75, 3.05) is 5.32 Å². The van der Waals surface area contributed by atoms with Gasteiger partial charge in [-0.05, 0) is 61.6 Å². The number of benzene rings is 1. The fourth-order valence-corrected chi connectivity index (χ4v) is 3.60. The molecule has 0 radical (unpaired) electrons. The van der Waals surface area contributed by atoms with Crippen LogP contribution in [0.3, 0.4) is 0 Å². The topological polar surface area (TPSA) is 58.2 Å². The van der Waals surface area contributed by atoms with E-state index in [-0.39, 0.29) is 6.04 Å². The zero-order chi connectivity index (χ0) is 18.6. The Hall–Kier alpha value is -1.55. The molecule has 0 heterocycles. The highest BCUT2D eigenvalue weighted by Gasteiger charge is 2.32. The highest BCUT2D eigenvalue weighted by atomic mass is 35.5. The minimum Gasteiger partial charge on any atom is -0.345 e. The van der Waals surface area contributed by atoms with E-state index in [4.69, 9.17) is 11.6 Å². The molecule has 138 valence electrons. The molecule has 1 saturated carbocycles. The summed E-state index contributed by atoms with van der Waals surface area (Å²) in [5.74, 6) is -0.528. The molecule has 0 aromatic heterocycles. The number of hydrogen-bond acceptors (Lipinski definition) is 2. The van der Waals surface area contributed by atoms with Crippen LogP contribution in [0.5, 0.6) is 0 Å². The van der Waals surface area contributed by atoms with E-state index in [1.54, 1.807) is 12.1 Å². The summed E-state index contributed by atoms with van der Waals surface area (Å²) < 4.78 is 0. The Labute approximate surface area is 155 Å². The number of hydrogen-bond donors (Lipinski definition) is 2. The van der Waals surface area contributed by atoms with Crippen molar-refractivity contribution in [2.24, 2.45) is 11.3 Å². The maximum Gasteiger partial charge on any atom is 0.313 e. The first-order chi connectivity index (χ1) is 11.7. The van der Waals surface area contributed by atoms with Gasteiger partial charge in [0.2, 0.25) is 0 Å². The van der Waals surface area contributed by atoms with Gasteiger partial charge in [0.25, 0.3) is 0 Å². The molecular formula is C20H29ClN2O2. The average molecular weight is 365 g/mol. The van der Waals surface area contributed by atoms with Gasteiger partial charge in [-0.1, -0.05) is 44.9 Å². The molecule has 5 heteroatoms. The van der Waals surface area contributed by atoms with Crippen molar-refractivity contribution in [2.45, 2.75) is 65.8 Å². The number of nitrogens with one attached hydrogen (secondary N) is 2. The molecule has 0 aliphatic heterocycles. The fourth-order valence-electron chi connectivity index (χ4n) is 3.42. The molecule has 0 unspecified atom stereocenters. The third-order valence-electron chi connectivity index (χ3n) is 5.71. The summed E-state index contributed by atoms with van der Waals surface area (Å²) in [5, 5.41) is 6.04. The van der Waals surface area contributed by atoms with Crippen molar-refractivity contribution >= 4 is 29.1 Å². The molecule has 0 spiro atoms. The highest BCUT2D eigenvalue weighted by Crippen LogP contribution is 2.40. The standard InChI is InChI=1S/C20H29ClN2O2/c1-5-20(3,4)14-7-10-15(11-8-14)22-18(24)19(25)23-16-9-6-13(2)17(21)12-16/h6,9,12,14-15H,5,7-8,10-11H2,1-4H3,(H,22,24)(H,23,25). The first-order valence-electron chi connectivity index (χ1n) is 9.11. The van der Waals surface area contributed by atoms with Crippen molar-refractivity contribution in [1.82, 2.24) is 5.32 Å². The number of aryl methyl sites for hydroxylation is 1. The van der Waals surface area contributed by atoms with Crippen LogP contribution in [0.1, 0.15) is 58.4 Å². The number of anilines is 1. The number of carbonyl (C=O) groups excluding carboxylic acids is 2. The summed E-state index contributed by atoms with van der Waals surface area (Å²) >= 11 is 6.04. The van der Waals surface area contributed by atoms with Gasteiger partial charge in [0.15, 0.2) is 0 Å². The monoisotopic (exact) mass is 364 g/mol. The van der Waals surface area contributed by atoms with Crippen LogP contribution >= 0.6 is 11.6 Å². The van der Waals surface area contributed by atoms with E-state index in [9.17, 15) is 9.59 Å². The van der Waals surface area contributed by atoms with Crippen LogP contribution in [0.2, 0.25) is 5.02 Å². The van der Waals surface area contributed by atoms with Gasteiger partial charge in [-0.2, -0.15) is 0 Å². The predicted octanol–water partition coefficient (Wildman–Crippen LogP) is 4.70. The average Bonchev–Trinajstić information content (AvgIpc) is 2.58. The van der Waals surface area contributed by atoms with Crippen molar-refractivity contribution in [3.05, 3.63) is 28.8 Å². The Morgan fingerprint density at radius 3 is 2.36 bits per heavy atom. The van der Waals surface area contributed by atoms with Gasteiger partial charge in [0.05, 0.1) is 0 Å². The Morgan fingerprint density at radius 1 is 1.16 bits per heavy atom. The van der Waals surface area contributed by atoms with Gasteiger partial charge in [-0.15, -0.1) is 0 Å². The van der Waals surface area contributed by atoms with Gasteiger partial charge in [0.1, 0.15) is 0 Å². The van der Waals surface area contributed by atoms with E-state index < -0.39 is 11.8 Å². The summed E-state index contributed by atoms with van der Waals surface area (Å²) in [5.41, 5.74) is 1.80. The molecule has 1 aliphatic carbocycles. The Balaban J connectivity index is 1.84. The number of halogens is 1. The lowest BCUT2D eigenvalue weighted by Gasteiger charge is -2.39. The van der Waals surface area contributed by atoms with E-state index in [2.05, 4.69) is 31.4 Å². The molecule has 0 saturated heterocycles. The van der Waals surface area contributed by atoms with Crippen LogP contribution in [0.4, 0.5) is 5.69 Å². The van der Waals surface area contributed by atoms with Crippen LogP contribution in [0.25, 0.3) is 0 Å². The van der Waals surface area contributed by atoms with Crippen LogP contribution < -0.4 is 10.6 Å². The largest absolute Gasteiger partial charge is 0.345 e. The second-order valence-corrected chi connectivity index (χ2v) is 8.19. The van der Waals surface area contributed by atoms with E-state index in [1.807, 2.05) is 13.0 Å². The Bertz CT molecular complexity index is 635. The minimum absolute atomic E-state index is 0.0868. The second kappa shape index (κ2) is 8.22. The van der Waals surface area contributed by atoms with Gasteiger partial charge in [-0.3, -0.25) is 9.59 Å². The Morgan fingerprint density at radius 2 is 1.80 bits per heavy atom. The van der Waals surface area contributed by atoms with Gasteiger partial charge in [0, 0.05) is 16.8 Å². The molecule has 2 rings (SSSR count). The lowest BCUT2D eigenvalue weighted by Crippen LogP contribution is -2.44. The molecular weight excluding hydrogens is 336 g/mol. The van der Waals surface area contributed by atoms with E-state index in [0.717, 1.165) is 37.7 Å². The molecule has 1 aromatic rings. The van der Waals surface area contributed by atoms with E-state index in [1.165, 1.54) is 0 Å². The Kier molecular flexibility index (Phi) is 6.50. The number of amides is 2. The van der Waals surface area contributed by atoms with E-state index in [0.29, 0.717) is 22.0 Å². The normalized spacial score (nSPS) is 20.8. The first-order valence-corrected chi connectivity index (χ1v) is 9.48. The number of rotatable bonds is 4. The first kappa shape index (κ1) is 19.8. The SMILES string of the molecule is CCC(C)(C)C1CCC(NC(=O)C(=O)Nc2ccc(C)c(Cl)c2)CC1. The quantitative estimate of drug-likeness (QED) is 0.761. The summed E-state index contributed by atoms with van der Waals surface area (Å²) in [6.45, 7) is 8.75. The lowest BCUT2D eigenvalue weighted by molar-refractivity contribution is -0.136. The molecule has 0 atom stereocenters. The van der Waals surface area contributed by atoms with Crippen LogP contribution in [0.15, 0.2) is 18.2 Å². The predicted molar refractivity (Wildman–Crippen MR) is 103 cm³/mol. The van der Waals surface area contributed by atoms with Crippen LogP contribution in [-0.4, -0.2) is 17.9 Å². The zero-order valence-corrected chi connectivity index (χ0v) is 16.4. The van der Waals surface area contributed by atoms with Gasteiger partial charge >= 0.3 is 11.8 Å². The third kappa shape index (κ3) is 5.21. The van der Waals surface area contributed by atoms with Crippen molar-refractivity contribution in [3.63, 3.8) is 0 Å². The molecule has 1 aromatic carbocycles. The van der Waals surface area contributed by atoms with Crippen molar-refractivity contribution < 1.29 is 9.59 Å². The zero-order valence-electron chi connectivity index (χ0n) is 15.6. The molecule has 0 bridgehead atoms. The molecule has 1 aliphatic rings. The third-order valence-corrected chi connectivity index (χ3v) is 6.12. The lowest BCUT2D eigenvalue weighted by atomic mass is 9.69. The van der Waals surface area contributed by atoms with Crippen molar-refractivity contribution in [1.29, 1.82) is 0 Å².